The van der Waals surface area contributed by atoms with Crippen LogP contribution in [-0.2, 0) is 0 Å². The van der Waals surface area contributed by atoms with Crippen LogP contribution < -0.4 is 10.5 Å². The van der Waals surface area contributed by atoms with Gasteiger partial charge in [0.2, 0.25) is 0 Å². The Kier molecular flexibility index (Phi) is 2.47. The van der Waals surface area contributed by atoms with Crippen LogP contribution in [0, 0.1) is 6.92 Å². The minimum absolute atomic E-state index is 0.0993. The second-order valence-electron chi connectivity index (χ2n) is 2.70. The Balaban J connectivity index is 3.08. The third kappa shape index (κ3) is 1.84. The third-order valence-corrected chi connectivity index (χ3v) is 1.71. The molecule has 0 amide bonds. The van der Waals surface area contributed by atoms with Gasteiger partial charge in [-0.3, -0.25) is 4.79 Å². The molecule has 1 heterocycles. The fourth-order valence-corrected chi connectivity index (χ4v) is 0.921. The van der Waals surface area contributed by atoms with E-state index in [1.165, 1.54) is 6.07 Å². The number of H-pyrrole nitrogens is 1. The lowest BCUT2D eigenvalue weighted by molar-refractivity contribution is 0.903. The Bertz CT molecular complexity index is 318. The molecule has 0 bridgehead atoms. The van der Waals surface area contributed by atoms with Gasteiger partial charge in [0, 0.05) is 19.7 Å². The topological polar surface area (TPSA) is 49.0 Å². The predicted octanol–water partition coefficient (Wildman–Crippen LogP) is 0.534. The maximum absolute atomic E-state index is 11.0. The second kappa shape index (κ2) is 3.38. The number of nitrogens with zero attached hydrogens (tertiary/aromatic N) is 2. The SMILES string of the molecule is CCN(C)c1cc(=O)[nH]c(C)n1. The van der Waals surface area contributed by atoms with Crippen LogP contribution in [0.2, 0.25) is 0 Å². The molecule has 0 radical (unpaired) electrons. The van der Waals surface area contributed by atoms with Gasteiger partial charge in [-0.15, -0.1) is 0 Å². The van der Waals surface area contributed by atoms with Gasteiger partial charge in [0.15, 0.2) is 0 Å². The van der Waals surface area contributed by atoms with Crippen LogP contribution in [0.5, 0.6) is 0 Å². The summed E-state index contributed by atoms with van der Waals surface area (Å²) in [6, 6.07) is 1.50. The first kappa shape index (κ1) is 8.77. The summed E-state index contributed by atoms with van der Waals surface area (Å²) in [6.45, 7) is 4.63. The van der Waals surface area contributed by atoms with E-state index in [4.69, 9.17) is 0 Å². The van der Waals surface area contributed by atoms with Gasteiger partial charge in [-0.25, -0.2) is 4.98 Å². The fraction of sp³-hybridized carbons (Fsp3) is 0.500. The smallest absolute Gasteiger partial charge is 0.252 e. The molecule has 0 saturated carbocycles. The number of aromatic nitrogens is 2. The van der Waals surface area contributed by atoms with Gasteiger partial charge in [-0.1, -0.05) is 0 Å². The summed E-state index contributed by atoms with van der Waals surface area (Å²) in [7, 11) is 1.90. The maximum atomic E-state index is 11.0. The molecule has 1 aromatic rings. The molecule has 0 saturated heterocycles. The van der Waals surface area contributed by atoms with Crippen LogP contribution in [0.3, 0.4) is 0 Å². The number of anilines is 1. The second-order valence-corrected chi connectivity index (χ2v) is 2.70. The molecule has 0 aliphatic carbocycles. The van der Waals surface area contributed by atoms with Crippen molar-refractivity contribution in [1.29, 1.82) is 0 Å². The highest BCUT2D eigenvalue weighted by Gasteiger charge is 2.00. The lowest BCUT2D eigenvalue weighted by atomic mass is 10.5. The predicted molar refractivity (Wildman–Crippen MR) is 48.5 cm³/mol. The molecular formula is C8H13N3O. The van der Waals surface area contributed by atoms with E-state index in [0.717, 1.165) is 12.4 Å². The van der Waals surface area contributed by atoms with Crippen LogP contribution >= 0.6 is 0 Å². The summed E-state index contributed by atoms with van der Waals surface area (Å²) in [5.74, 6) is 1.37. The van der Waals surface area contributed by atoms with E-state index in [1.807, 2.05) is 18.9 Å². The lowest BCUT2D eigenvalue weighted by Crippen LogP contribution is -2.21. The highest BCUT2D eigenvalue weighted by atomic mass is 16.1. The number of rotatable bonds is 2. The monoisotopic (exact) mass is 167 g/mol. The highest BCUT2D eigenvalue weighted by Crippen LogP contribution is 2.03. The van der Waals surface area contributed by atoms with Crippen molar-refractivity contribution < 1.29 is 0 Å². The van der Waals surface area contributed by atoms with Crippen molar-refractivity contribution in [3.8, 4) is 0 Å². The molecule has 0 aromatic carbocycles. The molecule has 12 heavy (non-hydrogen) atoms. The van der Waals surface area contributed by atoms with Crippen molar-refractivity contribution in [2.24, 2.45) is 0 Å². The first-order valence-electron chi connectivity index (χ1n) is 3.92. The van der Waals surface area contributed by atoms with Crippen LogP contribution in [0.1, 0.15) is 12.7 Å². The quantitative estimate of drug-likeness (QED) is 0.699. The van der Waals surface area contributed by atoms with E-state index >= 15 is 0 Å². The van der Waals surface area contributed by atoms with E-state index < -0.39 is 0 Å². The van der Waals surface area contributed by atoms with Gasteiger partial charge in [-0.2, -0.15) is 0 Å². The Morgan fingerprint density at radius 2 is 2.33 bits per heavy atom. The molecule has 4 nitrogen and oxygen atoms in total. The van der Waals surface area contributed by atoms with Crippen molar-refractivity contribution in [2.45, 2.75) is 13.8 Å². The zero-order chi connectivity index (χ0) is 9.14. The Hall–Kier alpha value is -1.32. The summed E-state index contributed by atoms with van der Waals surface area (Å²) >= 11 is 0. The largest absolute Gasteiger partial charge is 0.360 e. The van der Waals surface area contributed by atoms with Crippen molar-refractivity contribution in [1.82, 2.24) is 9.97 Å². The molecular weight excluding hydrogens is 154 g/mol. The average molecular weight is 167 g/mol. The lowest BCUT2D eigenvalue weighted by Gasteiger charge is -2.14. The zero-order valence-electron chi connectivity index (χ0n) is 7.59. The Morgan fingerprint density at radius 1 is 1.67 bits per heavy atom. The van der Waals surface area contributed by atoms with E-state index in [0.29, 0.717) is 5.82 Å². The van der Waals surface area contributed by atoms with Gasteiger partial charge in [-0.05, 0) is 13.8 Å². The van der Waals surface area contributed by atoms with Crippen LogP contribution in [0.15, 0.2) is 10.9 Å². The van der Waals surface area contributed by atoms with Crippen molar-refractivity contribution in [2.75, 3.05) is 18.5 Å². The molecule has 66 valence electrons. The Labute approximate surface area is 71.3 Å². The summed E-state index contributed by atoms with van der Waals surface area (Å²) in [5.41, 5.74) is -0.0993. The van der Waals surface area contributed by atoms with Crippen LogP contribution in [-0.4, -0.2) is 23.6 Å². The third-order valence-electron chi connectivity index (χ3n) is 1.71. The minimum Gasteiger partial charge on any atom is -0.360 e. The van der Waals surface area contributed by atoms with Gasteiger partial charge in [0.25, 0.3) is 5.56 Å². The van der Waals surface area contributed by atoms with E-state index in [2.05, 4.69) is 9.97 Å². The zero-order valence-corrected chi connectivity index (χ0v) is 7.59. The minimum atomic E-state index is -0.0993. The fourth-order valence-electron chi connectivity index (χ4n) is 0.921. The summed E-state index contributed by atoms with van der Waals surface area (Å²) in [4.78, 5) is 19.7. The number of hydrogen-bond donors (Lipinski definition) is 1. The normalized spacial score (nSPS) is 9.92. The van der Waals surface area contributed by atoms with E-state index in [1.54, 1.807) is 6.92 Å². The Morgan fingerprint density at radius 3 is 2.83 bits per heavy atom. The van der Waals surface area contributed by atoms with Gasteiger partial charge in [0.05, 0.1) is 0 Å². The highest BCUT2D eigenvalue weighted by molar-refractivity contribution is 5.35. The molecule has 0 aliphatic heterocycles. The standard InChI is InChI=1S/C8H13N3O/c1-4-11(3)7-5-8(12)10-6(2)9-7/h5H,4H2,1-3H3,(H,9,10,12). The number of aryl methyl sites for hydroxylation is 1. The molecule has 0 spiro atoms. The molecule has 1 aromatic heterocycles. The van der Waals surface area contributed by atoms with Gasteiger partial charge < -0.3 is 9.88 Å². The summed E-state index contributed by atoms with van der Waals surface area (Å²) < 4.78 is 0. The van der Waals surface area contributed by atoms with Gasteiger partial charge >= 0.3 is 0 Å². The summed E-state index contributed by atoms with van der Waals surface area (Å²) in [6.07, 6.45) is 0. The molecule has 0 fully saturated rings. The molecule has 4 heteroatoms. The van der Waals surface area contributed by atoms with Crippen LogP contribution in [0.4, 0.5) is 5.82 Å². The first-order valence-corrected chi connectivity index (χ1v) is 3.92. The van der Waals surface area contributed by atoms with Gasteiger partial charge in [0.1, 0.15) is 11.6 Å². The summed E-state index contributed by atoms with van der Waals surface area (Å²) in [5, 5.41) is 0. The molecule has 0 atom stereocenters. The van der Waals surface area contributed by atoms with Crippen LogP contribution in [0.25, 0.3) is 0 Å². The average Bonchev–Trinajstić information content (AvgIpc) is 2.01. The molecule has 1 N–H and O–H groups in total. The van der Waals surface area contributed by atoms with Crippen molar-refractivity contribution >= 4 is 5.82 Å². The number of hydrogen-bond acceptors (Lipinski definition) is 3. The van der Waals surface area contributed by atoms with E-state index in [9.17, 15) is 4.79 Å². The number of aromatic amines is 1. The maximum Gasteiger partial charge on any atom is 0.252 e. The van der Waals surface area contributed by atoms with Crippen molar-refractivity contribution in [3.63, 3.8) is 0 Å². The number of nitrogens with one attached hydrogen (secondary N) is 1. The van der Waals surface area contributed by atoms with Crippen molar-refractivity contribution in [3.05, 3.63) is 22.2 Å². The molecule has 0 aliphatic rings. The first-order chi connectivity index (χ1) is 5.63. The van der Waals surface area contributed by atoms with E-state index in [-0.39, 0.29) is 5.56 Å². The molecule has 0 unspecified atom stereocenters. The molecule has 1 rings (SSSR count).